The molecule has 4 N–H and O–H groups in total. The molecule has 4 heterocycles. The van der Waals surface area contributed by atoms with Crippen LogP contribution in [0.4, 0.5) is 9.59 Å². The van der Waals surface area contributed by atoms with Crippen LogP contribution in [0.5, 0.6) is 0 Å². The fourth-order valence-electron chi connectivity index (χ4n) is 8.34. The molecule has 5 aromatic rings. The highest BCUT2D eigenvalue weighted by atomic mass is 16.5. The van der Waals surface area contributed by atoms with Crippen LogP contribution < -0.4 is 10.6 Å². The van der Waals surface area contributed by atoms with Crippen molar-refractivity contribution in [2.24, 2.45) is 11.8 Å². The Hall–Kier alpha value is -6.62. The SMILES string of the molecule is C#CC1CCC(c2ncc(-c3ccc4cc(-c5ccc(-c6cnc(C7CCCN7C(=O)C(NC(=O)OC)C(C)C)[nH]6)cc5)ccc4c3)[nH]2)N1C(=O)C(NC(=O)OC)C(C)C. The topological polar surface area (TPSA) is 175 Å². The lowest BCUT2D eigenvalue weighted by Gasteiger charge is -2.32. The van der Waals surface area contributed by atoms with Crippen LogP contribution in [0, 0.1) is 24.2 Å². The largest absolute Gasteiger partial charge is 0.453 e. The number of likely N-dealkylation sites (tertiary alicyclic amines) is 2. The molecule has 5 atom stereocenters. The Kier molecular flexibility index (Phi) is 12.3. The van der Waals surface area contributed by atoms with E-state index in [1.54, 1.807) is 17.3 Å². The molecule has 60 heavy (non-hydrogen) atoms. The number of nitrogens with zero attached hydrogens (tertiary/aromatic N) is 4. The van der Waals surface area contributed by atoms with Gasteiger partial charge in [-0.05, 0) is 77.1 Å². The molecule has 0 saturated carbocycles. The maximum absolute atomic E-state index is 13.9. The van der Waals surface area contributed by atoms with E-state index in [1.165, 1.54) is 14.2 Å². The van der Waals surface area contributed by atoms with Crippen LogP contribution in [0.15, 0.2) is 73.1 Å². The lowest BCUT2D eigenvalue weighted by Crippen LogP contribution is -2.52. The molecule has 3 aromatic carbocycles. The molecule has 2 aliphatic heterocycles. The molecule has 0 radical (unpaired) electrons. The summed E-state index contributed by atoms with van der Waals surface area (Å²) in [5.74, 6) is 3.42. The van der Waals surface area contributed by atoms with Gasteiger partial charge in [0.25, 0.3) is 0 Å². The third kappa shape index (κ3) is 8.43. The maximum Gasteiger partial charge on any atom is 0.407 e. The predicted molar refractivity (Wildman–Crippen MR) is 228 cm³/mol. The molecule has 0 bridgehead atoms. The van der Waals surface area contributed by atoms with Gasteiger partial charge >= 0.3 is 12.2 Å². The van der Waals surface area contributed by atoms with Gasteiger partial charge in [0.05, 0.1) is 56.1 Å². The van der Waals surface area contributed by atoms with E-state index in [2.05, 4.69) is 92.2 Å². The summed E-state index contributed by atoms with van der Waals surface area (Å²) >= 11 is 0. The van der Waals surface area contributed by atoms with Gasteiger partial charge in [0.1, 0.15) is 23.7 Å². The third-order valence-electron chi connectivity index (χ3n) is 11.7. The number of imidazole rings is 2. The Morgan fingerprint density at radius 2 is 1.22 bits per heavy atom. The molecule has 5 unspecified atom stereocenters. The van der Waals surface area contributed by atoms with E-state index < -0.39 is 30.3 Å². The number of rotatable bonds is 11. The molecule has 0 spiro atoms. The van der Waals surface area contributed by atoms with Crippen LogP contribution >= 0.6 is 0 Å². The number of methoxy groups -OCH3 is 2. The number of carbonyl (C=O) groups excluding carboxylic acids is 4. The van der Waals surface area contributed by atoms with E-state index in [9.17, 15) is 19.2 Å². The summed E-state index contributed by atoms with van der Waals surface area (Å²) in [5, 5.41) is 7.52. The second-order valence-corrected chi connectivity index (χ2v) is 16.1. The number of H-pyrrole nitrogens is 2. The number of benzene rings is 3. The zero-order valence-electron chi connectivity index (χ0n) is 34.8. The average molecular weight is 813 g/mol. The van der Waals surface area contributed by atoms with Crippen molar-refractivity contribution in [2.45, 2.75) is 83.6 Å². The lowest BCUT2D eigenvalue weighted by atomic mass is 9.98. The molecular weight excluding hydrogens is 761 g/mol. The van der Waals surface area contributed by atoms with Crippen LogP contribution in [0.2, 0.25) is 0 Å². The summed E-state index contributed by atoms with van der Waals surface area (Å²) in [6.45, 7) is 8.12. The number of carbonyl (C=O) groups is 4. The summed E-state index contributed by atoms with van der Waals surface area (Å²) in [7, 11) is 2.56. The molecule has 2 aromatic heterocycles. The molecule has 2 saturated heterocycles. The summed E-state index contributed by atoms with van der Waals surface area (Å²) in [4.78, 5) is 71.3. The molecular formula is C46H52N8O6. The van der Waals surface area contributed by atoms with Crippen LogP contribution in [-0.4, -0.2) is 92.6 Å². The minimum atomic E-state index is -0.798. The van der Waals surface area contributed by atoms with Gasteiger partial charge in [-0.2, -0.15) is 0 Å². The second-order valence-electron chi connectivity index (χ2n) is 16.1. The predicted octanol–water partition coefficient (Wildman–Crippen LogP) is 7.38. The molecule has 2 aliphatic rings. The Bertz CT molecular complexity index is 2410. The highest BCUT2D eigenvalue weighted by molar-refractivity contribution is 5.91. The van der Waals surface area contributed by atoms with Gasteiger partial charge in [-0.1, -0.05) is 82.1 Å². The molecule has 2 fully saturated rings. The number of amides is 4. The normalized spacial score (nSPS) is 18.7. The number of aromatic amines is 2. The molecule has 14 nitrogen and oxygen atoms in total. The average Bonchev–Trinajstić information content (AvgIpc) is 4.10. The number of fused-ring (bicyclic) bond motifs is 1. The smallest absolute Gasteiger partial charge is 0.407 e. The van der Waals surface area contributed by atoms with Crippen LogP contribution in [0.1, 0.15) is 77.1 Å². The Balaban J connectivity index is 1.04. The van der Waals surface area contributed by atoms with E-state index in [-0.39, 0.29) is 35.7 Å². The first-order chi connectivity index (χ1) is 28.9. The van der Waals surface area contributed by atoms with Crippen molar-refractivity contribution in [1.82, 2.24) is 40.4 Å². The Morgan fingerprint density at radius 3 is 1.80 bits per heavy atom. The zero-order valence-corrected chi connectivity index (χ0v) is 34.8. The van der Waals surface area contributed by atoms with E-state index in [0.29, 0.717) is 25.2 Å². The summed E-state index contributed by atoms with van der Waals surface area (Å²) < 4.78 is 9.54. The first-order valence-corrected chi connectivity index (χ1v) is 20.4. The van der Waals surface area contributed by atoms with Crippen LogP contribution in [-0.2, 0) is 19.1 Å². The molecule has 0 aliphatic carbocycles. The number of hydrogen-bond acceptors (Lipinski definition) is 8. The monoisotopic (exact) mass is 812 g/mol. The summed E-state index contributed by atoms with van der Waals surface area (Å²) in [6.07, 6.45) is 11.1. The van der Waals surface area contributed by atoms with Gasteiger partial charge in [0, 0.05) is 12.1 Å². The second kappa shape index (κ2) is 17.7. The van der Waals surface area contributed by atoms with Crippen LogP contribution in [0.25, 0.3) is 44.4 Å². The number of ether oxygens (including phenoxy) is 2. The first kappa shape index (κ1) is 41.5. The quantitative estimate of drug-likeness (QED) is 0.100. The van der Waals surface area contributed by atoms with Crippen molar-refractivity contribution in [2.75, 3.05) is 20.8 Å². The van der Waals surface area contributed by atoms with Crippen molar-refractivity contribution in [1.29, 1.82) is 0 Å². The van der Waals surface area contributed by atoms with Crippen molar-refractivity contribution in [3.63, 3.8) is 0 Å². The van der Waals surface area contributed by atoms with Crippen molar-refractivity contribution in [3.8, 4) is 46.0 Å². The Labute approximate surface area is 349 Å². The highest BCUT2D eigenvalue weighted by Crippen LogP contribution is 2.38. The van der Waals surface area contributed by atoms with E-state index in [0.717, 1.165) is 63.1 Å². The first-order valence-electron chi connectivity index (χ1n) is 20.4. The van der Waals surface area contributed by atoms with Gasteiger partial charge in [-0.15, -0.1) is 6.42 Å². The van der Waals surface area contributed by atoms with Gasteiger partial charge in [-0.25, -0.2) is 19.6 Å². The zero-order chi connectivity index (χ0) is 42.7. The van der Waals surface area contributed by atoms with Crippen LogP contribution in [0.3, 0.4) is 0 Å². The van der Waals surface area contributed by atoms with E-state index in [1.807, 2.05) is 32.6 Å². The number of hydrogen-bond donors (Lipinski definition) is 4. The maximum atomic E-state index is 13.9. The minimum absolute atomic E-state index is 0.110. The number of alkyl carbamates (subject to hydrolysis) is 2. The van der Waals surface area contributed by atoms with Crippen molar-refractivity contribution >= 4 is 34.8 Å². The number of aromatic nitrogens is 4. The van der Waals surface area contributed by atoms with Crippen molar-refractivity contribution < 1.29 is 28.7 Å². The molecule has 4 amide bonds. The summed E-state index contributed by atoms with van der Waals surface area (Å²) in [5.41, 5.74) is 5.75. The fourth-order valence-corrected chi connectivity index (χ4v) is 8.34. The standard InChI is InChI=1S/C46H52N8O6/c1-8-34-19-20-38(54(34)44(56)40(27(4)5)52-46(58)60-7)42-48-25-36(50-42)33-18-17-31-22-30(15-16-32(31)23-33)28-11-13-29(14-12-28)35-24-47-41(49-35)37-10-9-21-53(37)43(55)39(26(2)3)51-45(57)59-6/h1,11-18,22-27,34,37-40H,9-10,19-21H2,2-7H3,(H,47,49)(H,48,50)(H,51,57)(H,52,58). The third-order valence-corrected chi connectivity index (χ3v) is 11.7. The lowest BCUT2D eigenvalue weighted by molar-refractivity contribution is -0.137. The van der Waals surface area contributed by atoms with Gasteiger partial charge in [0.2, 0.25) is 11.8 Å². The number of terminal acetylenes is 1. The number of nitrogens with one attached hydrogen (secondary N) is 4. The van der Waals surface area contributed by atoms with E-state index >= 15 is 0 Å². The highest BCUT2D eigenvalue weighted by Gasteiger charge is 2.42. The van der Waals surface area contributed by atoms with Gasteiger partial charge in [0.15, 0.2) is 0 Å². The fraction of sp³-hybridized carbons (Fsp3) is 0.391. The molecule has 7 rings (SSSR count). The molecule has 14 heteroatoms. The van der Waals surface area contributed by atoms with Gasteiger partial charge in [-0.3, -0.25) is 9.59 Å². The minimum Gasteiger partial charge on any atom is -0.453 e. The molecule has 312 valence electrons. The summed E-state index contributed by atoms with van der Waals surface area (Å²) in [6, 6.07) is 18.4. The van der Waals surface area contributed by atoms with E-state index in [4.69, 9.17) is 20.9 Å². The Morgan fingerprint density at radius 1 is 0.700 bits per heavy atom. The van der Waals surface area contributed by atoms with Crippen molar-refractivity contribution in [3.05, 3.63) is 84.7 Å². The van der Waals surface area contributed by atoms with Gasteiger partial charge < -0.3 is 39.9 Å².